The van der Waals surface area contributed by atoms with Crippen molar-refractivity contribution < 1.29 is 9.53 Å². The van der Waals surface area contributed by atoms with Crippen molar-refractivity contribution in [2.75, 3.05) is 17.7 Å². The molecular weight excluding hydrogens is 438 g/mol. The van der Waals surface area contributed by atoms with Gasteiger partial charge in [-0.05, 0) is 47.5 Å². The van der Waals surface area contributed by atoms with Gasteiger partial charge in [0.15, 0.2) is 0 Å². The van der Waals surface area contributed by atoms with E-state index in [0.717, 1.165) is 16.8 Å². The van der Waals surface area contributed by atoms with Gasteiger partial charge in [0, 0.05) is 16.3 Å². The number of methoxy groups -OCH3 is 1. The molecule has 8 heteroatoms. The van der Waals surface area contributed by atoms with Crippen LogP contribution in [-0.4, -0.2) is 27.8 Å². The van der Waals surface area contributed by atoms with Gasteiger partial charge in [-0.25, -0.2) is 4.68 Å². The van der Waals surface area contributed by atoms with Crippen LogP contribution in [0.3, 0.4) is 0 Å². The molecule has 0 unspecified atom stereocenters. The number of nitrogens with zero attached hydrogens (tertiary/aromatic N) is 3. The zero-order chi connectivity index (χ0) is 22.8. The molecule has 1 aromatic heterocycles. The second-order valence-corrected chi connectivity index (χ2v) is 7.83. The molecular formula is C25H20ClN5O2. The topological polar surface area (TPSA) is 81.1 Å². The maximum Gasteiger partial charge on any atom is 0.258 e. The second-order valence-electron chi connectivity index (χ2n) is 7.42. The Hall–Kier alpha value is -4.10. The highest BCUT2D eigenvalue weighted by molar-refractivity contribution is 6.31. The van der Waals surface area contributed by atoms with Crippen LogP contribution in [0.15, 0.2) is 84.9 Å². The minimum Gasteiger partial charge on any atom is -0.497 e. The molecule has 1 amide bonds. The molecule has 4 aromatic rings. The molecule has 1 aliphatic rings. The van der Waals surface area contributed by atoms with E-state index < -0.39 is 0 Å². The molecule has 33 heavy (non-hydrogen) atoms. The van der Waals surface area contributed by atoms with Crippen LogP contribution in [0.25, 0.3) is 5.70 Å². The SMILES string of the molecule is COc1ccc(C(=O)Nc2nc3n(n2)[C@H](c2ccccc2Cl)C=C(c2ccccc2)N3)cc1. The first-order chi connectivity index (χ1) is 16.1. The summed E-state index contributed by atoms with van der Waals surface area (Å²) in [5.74, 6) is 1.06. The Morgan fingerprint density at radius 1 is 1.03 bits per heavy atom. The van der Waals surface area contributed by atoms with E-state index in [9.17, 15) is 4.79 Å². The number of fused-ring (bicyclic) bond motifs is 1. The van der Waals surface area contributed by atoms with Crippen molar-refractivity contribution >= 4 is 35.1 Å². The lowest BCUT2D eigenvalue weighted by molar-refractivity contribution is 0.102. The molecule has 0 saturated carbocycles. The number of rotatable bonds is 5. The summed E-state index contributed by atoms with van der Waals surface area (Å²) in [6.45, 7) is 0. The Bertz CT molecular complexity index is 1330. The number of aromatic nitrogens is 3. The molecule has 2 N–H and O–H groups in total. The van der Waals surface area contributed by atoms with E-state index in [1.165, 1.54) is 0 Å². The van der Waals surface area contributed by atoms with Gasteiger partial charge >= 0.3 is 0 Å². The van der Waals surface area contributed by atoms with Crippen molar-refractivity contribution in [2.24, 2.45) is 0 Å². The van der Waals surface area contributed by atoms with Crippen molar-refractivity contribution in [3.05, 3.63) is 107 Å². The maximum absolute atomic E-state index is 12.7. The average Bonchev–Trinajstić information content (AvgIpc) is 3.27. The summed E-state index contributed by atoms with van der Waals surface area (Å²) in [6.07, 6.45) is 2.05. The van der Waals surface area contributed by atoms with Crippen LogP contribution in [0.5, 0.6) is 5.75 Å². The van der Waals surface area contributed by atoms with Gasteiger partial charge in [0.1, 0.15) is 11.8 Å². The molecule has 3 aromatic carbocycles. The quantitative estimate of drug-likeness (QED) is 0.428. The number of carbonyl (C=O) groups excluding carboxylic acids is 1. The minimum absolute atomic E-state index is 0.193. The number of halogens is 1. The van der Waals surface area contributed by atoms with Crippen molar-refractivity contribution in [1.29, 1.82) is 0 Å². The predicted molar refractivity (Wildman–Crippen MR) is 129 cm³/mol. The molecule has 0 fully saturated rings. The summed E-state index contributed by atoms with van der Waals surface area (Å²) < 4.78 is 6.87. The first-order valence-corrected chi connectivity index (χ1v) is 10.7. The number of anilines is 2. The standard InChI is InChI=1S/C25H20ClN5O2/c1-33-18-13-11-17(12-14-18)23(32)28-24-29-25-27-21(16-7-3-2-4-8-16)15-22(31(25)30-24)19-9-5-6-10-20(19)26/h2-15,22H,1H3,(H2,27,28,29,30,32)/t22-/m0/s1. The smallest absolute Gasteiger partial charge is 0.258 e. The molecule has 7 nitrogen and oxygen atoms in total. The first-order valence-electron chi connectivity index (χ1n) is 10.3. The van der Waals surface area contributed by atoms with E-state index in [4.69, 9.17) is 16.3 Å². The monoisotopic (exact) mass is 457 g/mol. The molecule has 1 aliphatic heterocycles. The summed E-state index contributed by atoms with van der Waals surface area (Å²) in [5.41, 5.74) is 3.25. The number of allylic oxidation sites excluding steroid dienone is 1. The van der Waals surface area contributed by atoms with Crippen LogP contribution in [0.4, 0.5) is 11.9 Å². The summed E-state index contributed by atoms with van der Waals surface area (Å²) >= 11 is 6.52. The molecule has 0 aliphatic carbocycles. The molecule has 5 rings (SSSR count). The van der Waals surface area contributed by atoms with Crippen LogP contribution < -0.4 is 15.4 Å². The number of nitrogens with one attached hydrogen (secondary N) is 2. The van der Waals surface area contributed by atoms with Crippen LogP contribution >= 0.6 is 11.6 Å². The highest BCUT2D eigenvalue weighted by atomic mass is 35.5. The highest BCUT2D eigenvalue weighted by Crippen LogP contribution is 2.35. The summed E-state index contributed by atoms with van der Waals surface area (Å²) in [5, 5.41) is 11.3. The van der Waals surface area contributed by atoms with Crippen molar-refractivity contribution in [1.82, 2.24) is 14.8 Å². The van der Waals surface area contributed by atoms with Crippen molar-refractivity contribution in [3.63, 3.8) is 0 Å². The number of ether oxygens (including phenoxy) is 1. The third-order valence-corrected chi connectivity index (χ3v) is 5.70. The average molecular weight is 458 g/mol. The van der Waals surface area contributed by atoms with Crippen molar-refractivity contribution in [3.8, 4) is 5.75 Å². The van der Waals surface area contributed by atoms with E-state index in [-0.39, 0.29) is 17.9 Å². The van der Waals surface area contributed by atoms with Crippen LogP contribution in [0.2, 0.25) is 5.02 Å². The lowest BCUT2D eigenvalue weighted by atomic mass is 10.0. The van der Waals surface area contributed by atoms with Gasteiger partial charge in [-0.15, -0.1) is 5.10 Å². The third-order valence-electron chi connectivity index (χ3n) is 5.35. The summed E-state index contributed by atoms with van der Waals surface area (Å²) in [6, 6.07) is 24.1. The number of carbonyl (C=O) groups is 1. The molecule has 0 radical (unpaired) electrons. The van der Waals surface area contributed by atoms with E-state index in [1.807, 2.05) is 60.7 Å². The number of hydrogen-bond acceptors (Lipinski definition) is 5. The van der Waals surface area contributed by atoms with Gasteiger partial charge in [-0.2, -0.15) is 4.98 Å². The van der Waals surface area contributed by atoms with Crippen LogP contribution in [0.1, 0.15) is 27.5 Å². The molecule has 0 saturated heterocycles. The molecule has 2 heterocycles. The van der Waals surface area contributed by atoms with Gasteiger partial charge in [0.05, 0.1) is 7.11 Å². The van der Waals surface area contributed by atoms with Gasteiger partial charge in [0.25, 0.3) is 11.9 Å². The van der Waals surface area contributed by atoms with Gasteiger partial charge in [-0.1, -0.05) is 60.1 Å². The Kier molecular flexibility index (Phi) is 5.54. The third kappa shape index (κ3) is 4.18. The number of benzene rings is 3. The van der Waals surface area contributed by atoms with Crippen LogP contribution in [0, 0.1) is 0 Å². The zero-order valence-electron chi connectivity index (χ0n) is 17.7. The Morgan fingerprint density at radius 3 is 2.48 bits per heavy atom. The fourth-order valence-corrected chi connectivity index (χ4v) is 3.93. The van der Waals surface area contributed by atoms with Crippen LogP contribution in [-0.2, 0) is 0 Å². The Balaban J connectivity index is 1.49. The van der Waals surface area contributed by atoms with E-state index in [0.29, 0.717) is 22.3 Å². The van der Waals surface area contributed by atoms with E-state index >= 15 is 0 Å². The molecule has 0 bridgehead atoms. The summed E-state index contributed by atoms with van der Waals surface area (Å²) in [4.78, 5) is 17.3. The Labute approximate surface area is 195 Å². The lowest BCUT2D eigenvalue weighted by Gasteiger charge is -2.24. The largest absolute Gasteiger partial charge is 0.497 e. The Morgan fingerprint density at radius 2 is 1.76 bits per heavy atom. The maximum atomic E-state index is 12.7. The normalized spacial score (nSPS) is 14.6. The number of hydrogen-bond donors (Lipinski definition) is 2. The zero-order valence-corrected chi connectivity index (χ0v) is 18.5. The second kappa shape index (κ2) is 8.80. The fraction of sp³-hybridized carbons (Fsp3) is 0.0800. The lowest BCUT2D eigenvalue weighted by Crippen LogP contribution is -2.20. The molecule has 0 spiro atoms. The fourth-order valence-electron chi connectivity index (χ4n) is 3.68. The van der Waals surface area contributed by atoms with Crippen molar-refractivity contribution in [2.45, 2.75) is 6.04 Å². The summed E-state index contributed by atoms with van der Waals surface area (Å²) in [7, 11) is 1.58. The molecule has 1 atom stereocenters. The predicted octanol–water partition coefficient (Wildman–Crippen LogP) is 5.25. The highest BCUT2D eigenvalue weighted by Gasteiger charge is 2.27. The van der Waals surface area contributed by atoms with Gasteiger partial charge in [-0.3, -0.25) is 10.1 Å². The van der Waals surface area contributed by atoms with Gasteiger partial charge < -0.3 is 10.1 Å². The van der Waals surface area contributed by atoms with Gasteiger partial charge in [0.2, 0.25) is 5.95 Å². The number of amides is 1. The van der Waals surface area contributed by atoms with E-state index in [2.05, 4.69) is 20.7 Å². The minimum atomic E-state index is -0.314. The molecule has 164 valence electrons. The van der Waals surface area contributed by atoms with E-state index in [1.54, 1.807) is 36.1 Å². The first kappa shape index (κ1) is 20.8.